The first kappa shape index (κ1) is 23.4. The molecule has 5 saturated carbocycles. The molecule has 0 bridgehead atoms. The molecule has 32 heavy (non-hydrogen) atoms. The van der Waals surface area contributed by atoms with Crippen LogP contribution in [0.25, 0.3) is 0 Å². The van der Waals surface area contributed by atoms with Crippen LogP contribution in [0.1, 0.15) is 120 Å². The molecule has 10 atom stereocenters. The van der Waals surface area contributed by atoms with Crippen LogP contribution in [0.15, 0.2) is 0 Å². The molecule has 0 radical (unpaired) electrons. The molecule has 2 nitrogen and oxygen atoms in total. The van der Waals surface area contributed by atoms with Crippen molar-refractivity contribution in [3.63, 3.8) is 0 Å². The van der Waals surface area contributed by atoms with Gasteiger partial charge in [0.1, 0.15) is 5.78 Å². The van der Waals surface area contributed by atoms with Gasteiger partial charge in [0, 0.05) is 11.8 Å². The van der Waals surface area contributed by atoms with Crippen molar-refractivity contribution in [1.29, 1.82) is 0 Å². The fourth-order valence-corrected chi connectivity index (χ4v) is 11.4. The summed E-state index contributed by atoms with van der Waals surface area (Å²) in [6.07, 6.45) is 11.9. The van der Waals surface area contributed by atoms with Crippen LogP contribution in [-0.4, -0.2) is 16.5 Å². The topological polar surface area (TPSA) is 37.3 Å². The highest BCUT2D eigenvalue weighted by Crippen LogP contribution is 2.76. The van der Waals surface area contributed by atoms with E-state index in [1.165, 1.54) is 44.9 Å². The van der Waals surface area contributed by atoms with Crippen molar-refractivity contribution in [1.82, 2.24) is 0 Å². The highest BCUT2D eigenvalue weighted by Gasteiger charge is 2.70. The molecule has 2 heteroatoms. The largest absolute Gasteiger partial charge is 0.390 e. The summed E-state index contributed by atoms with van der Waals surface area (Å²) < 4.78 is 0. The van der Waals surface area contributed by atoms with Crippen molar-refractivity contribution < 1.29 is 9.90 Å². The first-order chi connectivity index (χ1) is 14.6. The molecule has 182 valence electrons. The summed E-state index contributed by atoms with van der Waals surface area (Å²) in [7, 11) is 0. The average Bonchev–Trinajstić information content (AvgIpc) is 2.70. The van der Waals surface area contributed by atoms with Gasteiger partial charge in [-0.2, -0.15) is 0 Å². The fourth-order valence-electron chi connectivity index (χ4n) is 11.4. The molecular weight excluding hydrogens is 392 g/mol. The van der Waals surface area contributed by atoms with Gasteiger partial charge in [-0.25, -0.2) is 0 Å². The van der Waals surface area contributed by atoms with Gasteiger partial charge in [-0.3, -0.25) is 4.79 Å². The maximum atomic E-state index is 12.9. The zero-order valence-corrected chi connectivity index (χ0v) is 22.3. The Bertz CT molecular complexity index is 812. The molecule has 0 amide bonds. The third kappa shape index (κ3) is 2.66. The third-order valence-electron chi connectivity index (χ3n) is 13.9. The van der Waals surface area contributed by atoms with E-state index in [-0.39, 0.29) is 5.41 Å². The van der Waals surface area contributed by atoms with Crippen LogP contribution in [0, 0.1) is 56.7 Å². The normalized spacial score (nSPS) is 59.4. The maximum absolute atomic E-state index is 12.9. The van der Waals surface area contributed by atoms with E-state index in [9.17, 15) is 9.90 Å². The van der Waals surface area contributed by atoms with Crippen LogP contribution in [0.3, 0.4) is 0 Å². The summed E-state index contributed by atoms with van der Waals surface area (Å²) in [5.74, 6) is 3.52. The van der Waals surface area contributed by atoms with Crippen molar-refractivity contribution in [2.45, 2.75) is 125 Å². The minimum Gasteiger partial charge on any atom is -0.390 e. The monoisotopic (exact) mass is 442 g/mol. The number of aliphatic hydroxyl groups is 1. The Hall–Kier alpha value is -0.370. The second-order valence-electron chi connectivity index (χ2n) is 15.1. The lowest BCUT2D eigenvalue weighted by molar-refractivity contribution is -0.254. The van der Waals surface area contributed by atoms with Crippen molar-refractivity contribution in [2.24, 2.45) is 56.7 Å². The molecule has 0 spiro atoms. The molecule has 5 aliphatic carbocycles. The maximum Gasteiger partial charge on any atom is 0.138 e. The summed E-state index contributed by atoms with van der Waals surface area (Å²) >= 11 is 0. The van der Waals surface area contributed by atoms with Crippen LogP contribution < -0.4 is 0 Å². The Morgan fingerprint density at radius 3 is 2.09 bits per heavy atom. The van der Waals surface area contributed by atoms with Crippen molar-refractivity contribution in [2.75, 3.05) is 0 Å². The first-order valence-corrected chi connectivity index (χ1v) is 13.9. The van der Waals surface area contributed by atoms with Gasteiger partial charge in [-0.15, -0.1) is 0 Å². The molecule has 5 fully saturated rings. The second-order valence-corrected chi connectivity index (χ2v) is 15.1. The van der Waals surface area contributed by atoms with Gasteiger partial charge in [0.25, 0.3) is 0 Å². The summed E-state index contributed by atoms with van der Waals surface area (Å²) in [5, 5.41) is 11.3. The van der Waals surface area contributed by atoms with E-state index < -0.39 is 5.60 Å². The number of carbonyl (C=O) groups excluding carboxylic acids is 1. The Morgan fingerprint density at radius 1 is 0.750 bits per heavy atom. The molecule has 0 heterocycles. The number of hydrogen-bond acceptors (Lipinski definition) is 2. The van der Waals surface area contributed by atoms with Gasteiger partial charge >= 0.3 is 0 Å². The molecule has 0 aromatic carbocycles. The molecule has 0 unspecified atom stereocenters. The quantitative estimate of drug-likeness (QED) is 0.423. The molecule has 0 aromatic heterocycles. The SMILES string of the molecule is C[C@H]1[C@H]2[C@H]3CC[C@@H]4[C@@]5(C)CCC(=O)C(C)(C)[C@@H]5CC[C@@]4(C)[C@]3(C)CC[C@@]2(C)CC[C@@]1(C)O. The molecule has 5 aliphatic rings. The van der Waals surface area contributed by atoms with Gasteiger partial charge in [-0.1, -0.05) is 48.5 Å². The molecule has 0 saturated heterocycles. The Balaban J connectivity index is 1.55. The lowest BCUT2D eigenvalue weighted by atomic mass is 9.31. The van der Waals surface area contributed by atoms with E-state index >= 15 is 0 Å². The Kier molecular flexibility index (Phi) is 4.85. The Labute approximate surface area is 197 Å². The summed E-state index contributed by atoms with van der Waals surface area (Å²) in [5.41, 5.74) is 0.715. The van der Waals surface area contributed by atoms with Crippen LogP contribution in [0.4, 0.5) is 0 Å². The van der Waals surface area contributed by atoms with E-state index in [0.29, 0.717) is 45.2 Å². The first-order valence-electron chi connectivity index (χ1n) is 13.9. The van der Waals surface area contributed by atoms with Crippen LogP contribution in [0.5, 0.6) is 0 Å². The minimum atomic E-state index is -0.516. The van der Waals surface area contributed by atoms with E-state index in [1.807, 2.05) is 0 Å². The number of hydrogen-bond donors (Lipinski definition) is 1. The van der Waals surface area contributed by atoms with Gasteiger partial charge in [-0.05, 0) is 116 Å². The van der Waals surface area contributed by atoms with Crippen molar-refractivity contribution in [3.05, 3.63) is 0 Å². The molecule has 5 rings (SSSR count). The van der Waals surface area contributed by atoms with Gasteiger partial charge in [0.15, 0.2) is 0 Å². The lowest BCUT2D eigenvalue weighted by Crippen LogP contribution is -2.68. The predicted octanol–water partition coefficient (Wildman–Crippen LogP) is 7.43. The van der Waals surface area contributed by atoms with Gasteiger partial charge in [0.2, 0.25) is 0 Å². The predicted molar refractivity (Wildman–Crippen MR) is 131 cm³/mol. The number of fused-ring (bicyclic) bond motifs is 7. The van der Waals surface area contributed by atoms with Crippen molar-refractivity contribution in [3.8, 4) is 0 Å². The van der Waals surface area contributed by atoms with E-state index in [0.717, 1.165) is 31.1 Å². The number of ketones is 1. The number of carbonyl (C=O) groups is 1. The molecular formula is C30H50O2. The minimum absolute atomic E-state index is 0.159. The summed E-state index contributed by atoms with van der Waals surface area (Å²) in [4.78, 5) is 12.9. The van der Waals surface area contributed by atoms with Gasteiger partial charge in [0.05, 0.1) is 5.60 Å². The zero-order valence-electron chi connectivity index (χ0n) is 22.3. The van der Waals surface area contributed by atoms with E-state index in [1.54, 1.807) is 0 Å². The zero-order chi connectivity index (χ0) is 23.5. The summed E-state index contributed by atoms with van der Waals surface area (Å²) in [6.45, 7) is 19.5. The molecule has 0 aromatic rings. The highest BCUT2D eigenvalue weighted by molar-refractivity contribution is 5.85. The van der Waals surface area contributed by atoms with Crippen LogP contribution >= 0.6 is 0 Å². The van der Waals surface area contributed by atoms with E-state index in [2.05, 4.69) is 55.4 Å². The smallest absolute Gasteiger partial charge is 0.138 e. The van der Waals surface area contributed by atoms with Crippen molar-refractivity contribution >= 4 is 5.78 Å². The van der Waals surface area contributed by atoms with Gasteiger partial charge < -0.3 is 5.11 Å². The Morgan fingerprint density at radius 2 is 1.41 bits per heavy atom. The van der Waals surface area contributed by atoms with Crippen LogP contribution in [0.2, 0.25) is 0 Å². The highest BCUT2D eigenvalue weighted by atomic mass is 16.3. The second kappa shape index (κ2) is 6.64. The lowest BCUT2D eigenvalue weighted by Gasteiger charge is -2.73. The molecule has 0 aliphatic heterocycles. The number of rotatable bonds is 0. The van der Waals surface area contributed by atoms with Crippen LogP contribution in [-0.2, 0) is 4.79 Å². The summed E-state index contributed by atoms with van der Waals surface area (Å²) in [6, 6.07) is 0. The number of Topliss-reactive ketones (excluding diaryl/α,β-unsaturated/α-hetero) is 1. The molecule has 1 N–H and O–H groups in total. The standard InChI is InChI=1S/C30H50O2/c1-19-24-20-9-10-22-27(5)13-12-23(31)25(2,3)21(27)11-14-29(22,7)28(20,6)17-15-26(24,4)16-18-30(19,8)32/h19-22,24,32H,9-18H2,1-8H3/t19-,20+,21-,22+,24-,26-,27-,28+,29+,30+/m0/s1. The fraction of sp³-hybridized carbons (Fsp3) is 0.967. The average molecular weight is 443 g/mol. The third-order valence-corrected chi connectivity index (χ3v) is 13.9. The van der Waals surface area contributed by atoms with E-state index in [4.69, 9.17) is 0 Å².